The molecule has 0 unspecified atom stereocenters. The number of ether oxygens (including phenoxy) is 1. The molecule has 5 nitrogen and oxygen atoms in total. The zero-order valence-electron chi connectivity index (χ0n) is 16.6. The SMILES string of the molecule is CC(C)COc1ccccc1C(=O)Nc1cccc(C(=O)N2CCCCC2)c1. The molecule has 0 radical (unpaired) electrons. The molecule has 148 valence electrons. The van der Waals surface area contributed by atoms with Crippen molar-refractivity contribution in [1.82, 2.24) is 4.90 Å². The molecule has 28 heavy (non-hydrogen) atoms. The number of hydrogen-bond donors (Lipinski definition) is 1. The Kier molecular flexibility index (Phi) is 6.69. The molecule has 0 saturated carbocycles. The van der Waals surface area contributed by atoms with Crippen molar-refractivity contribution >= 4 is 17.5 Å². The number of hydrogen-bond acceptors (Lipinski definition) is 3. The first-order valence-corrected chi connectivity index (χ1v) is 9.97. The van der Waals surface area contributed by atoms with Crippen LogP contribution in [0.2, 0.25) is 0 Å². The van der Waals surface area contributed by atoms with E-state index in [0.717, 1.165) is 25.9 Å². The van der Waals surface area contributed by atoms with Crippen LogP contribution >= 0.6 is 0 Å². The number of nitrogens with zero attached hydrogens (tertiary/aromatic N) is 1. The summed E-state index contributed by atoms with van der Waals surface area (Å²) in [6, 6.07) is 14.3. The first kappa shape index (κ1) is 19.9. The quantitative estimate of drug-likeness (QED) is 0.797. The van der Waals surface area contributed by atoms with Crippen molar-refractivity contribution in [3.8, 4) is 5.75 Å². The zero-order valence-corrected chi connectivity index (χ0v) is 16.6. The van der Waals surface area contributed by atoms with Crippen LogP contribution in [-0.4, -0.2) is 36.4 Å². The van der Waals surface area contributed by atoms with Gasteiger partial charge in [-0.25, -0.2) is 0 Å². The molecule has 0 atom stereocenters. The summed E-state index contributed by atoms with van der Waals surface area (Å²) in [5.74, 6) is 0.709. The molecule has 2 aromatic rings. The summed E-state index contributed by atoms with van der Waals surface area (Å²) < 4.78 is 5.78. The van der Waals surface area contributed by atoms with E-state index < -0.39 is 0 Å². The van der Waals surface area contributed by atoms with Crippen molar-refractivity contribution in [2.45, 2.75) is 33.1 Å². The summed E-state index contributed by atoms with van der Waals surface area (Å²) in [5, 5.41) is 2.89. The van der Waals surface area contributed by atoms with Gasteiger partial charge in [0.25, 0.3) is 11.8 Å². The summed E-state index contributed by atoms with van der Waals surface area (Å²) >= 11 is 0. The van der Waals surface area contributed by atoms with Gasteiger partial charge in [-0.3, -0.25) is 9.59 Å². The van der Waals surface area contributed by atoms with E-state index in [2.05, 4.69) is 19.2 Å². The summed E-state index contributed by atoms with van der Waals surface area (Å²) in [6.07, 6.45) is 3.28. The van der Waals surface area contributed by atoms with Gasteiger partial charge >= 0.3 is 0 Å². The van der Waals surface area contributed by atoms with Gasteiger partial charge in [0.2, 0.25) is 0 Å². The van der Waals surface area contributed by atoms with Crippen LogP contribution in [0.4, 0.5) is 5.69 Å². The fraction of sp³-hybridized carbons (Fsp3) is 0.391. The Bertz CT molecular complexity index is 826. The molecule has 0 spiro atoms. The largest absolute Gasteiger partial charge is 0.492 e. The van der Waals surface area contributed by atoms with Crippen LogP contribution in [-0.2, 0) is 0 Å². The summed E-state index contributed by atoms with van der Waals surface area (Å²) in [4.78, 5) is 27.4. The normalized spacial score (nSPS) is 14.0. The third-order valence-electron chi connectivity index (χ3n) is 4.71. The van der Waals surface area contributed by atoms with E-state index in [1.165, 1.54) is 6.42 Å². The Morgan fingerprint density at radius 1 is 1.04 bits per heavy atom. The molecule has 1 fully saturated rings. The minimum absolute atomic E-state index is 0.0245. The molecule has 1 aliphatic rings. The van der Waals surface area contributed by atoms with Crippen LogP contribution in [0.5, 0.6) is 5.75 Å². The number of amides is 2. The number of benzene rings is 2. The molecule has 0 bridgehead atoms. The molecule has 1 saturated heterocycles. The Morgan fingerprint density at radius 2 is 1.79 bits per heavy atom. The highest BCUT2D eigenvalue weighted by Gasteiger charge is 2.19. The molecule has 3 rings (SSSR count). The van der Waals surface area contributed by atoms with Crippen molar-refractivity contribution in [1.29, 1.82) is 0 Å². The Labute approximate surface area is 166 Å². The summed E-state index contributed by atoms with van der Waals surface area (Å²) in [7, 11) is 0. The number of para-hydroxylation sites is 1. The highest BCUT2D eigenvalue weighted by molar-refractivity contribution is 6.06. The molecule has 0 aromatic heterocycles. The first-order valence-electron chi connectivity index (χ1n) is 9.97. The monoisotopic (exact) mass is 380 g/mol. The first-order chi connectivity index (χ1) is 13.5. The number of piperidine rings is 1. The maximum atomic E-state index is 12.8. The topological polar surface area (TPSA) is 58.6 Å². The number of anilines is 1. The molecule has 1 aliphatic heterocycles. The van der Waals surface area contributed by atoms with Crippen LogP contribution < -0.4 is 10.1 Å². The smallest absolute Gasteiger partial charge is 0.259 e. The lowest BCUT2D eigenvalue weighted by Crippen LogP contribution is -2.35. The maximum absolute atomic E-state index is 12.8. The summed E-state index contributed by atoms with van der Waals surface area (Å²) in [6.45, 7) is 6.27. The highest BCUT2D eigenvalue weighted by atomic mass is 16.5. The fourth-order valence-corrected chi connectivity index (χ4v) is 3.24. The number of likely N-dealkylation sites (tertiary alicyclic amines) is 1. The predicted molar refractivity (Wildman–Crippen MR) is 111 cm³/mol. The van der Waals surface area contributed by atoms with Crippen molar-refractivity contribution in [3.63, 3.8) is 0 Å². The Balaban J connectivity index is 1.72. The predicted octanol–water partition coefficient (Wildman–Crippen LogP) is 4.60. The van der Waals surface area contributed by atoms with Crippen LogP contribution in [0.1, 0.15) is 53.8 Å². The van der Waals surface area contributed by atoms with E-state index in [4.69, 9.17) is 4.74 Å². The number of carbonyl (C=O) groups excluding carboxylic acids is 2. The van der Waals surface area contributed by atoms with Gasteiger partial charge in [-0.2, -0.15) is 0 Å². The van der Waals surface area contributed by atoms with Crippen LogP contribution in [0, 0.1) is 5.92 Å². The van der Waals surface area contributed by atoms with Crippen molar-refractivity contribution in [2.75, 3.05) is 25.0 Å². The van der Waals surface area contributed by atoms with Crippen LogP contribution in [0.25, 0.3) is 0 Å². The highest BCUT2D eigenvalue weighted by Crippen LogP contribution is 2.22. The zero-order chi connectivity index (χ0) is 19.9. The van der Waals surface area contributed by atoms with E-state index in [1.54, 1.807) is 36.4 Å². The third-order valence-corrected chi connectivity index (χ3v) is 4.71. The van der Waals surface area contributed by atoms with E-state index in [0.29, 0.717) is 35.1 Å². The lowest BCUT2D eigenvalue weighted by Gasteiger charge is -2.26. The van der Waals surface area contributed by atoms with Gasteiger partial charge in [-0.15, -0.1) is 0 Å². The van der Waals surface area contributed by atoms with E-state index in [1.807, 2.05) is 17.0 Å². The van der Waals surface area contributed by atoms with Crippen molar-refractivity contribution in [3.05, 3.63) is 59.7 Å². The van der Waals surface area contributed by atoms with E-state index >= 15 is 0 Å². The molecule has 2 aromatic carbocycles. The minimum Gasteiger partial charge on any atom is -0.492 e. The Hall–Kier alpha value is -2.82. The molecular weight excluding hydrogens is 352 g/mol. The van der Waals surface area contributed by atoms with Crippen molar-refractivity contribution < 1.29 is 14.3 Å². The van der Waals surface area contributed by atoms with E-state index in [-0.39, 0.29) is 11.8 Å². The maximum Gasteiger partial charge on any atom is 0.259 e. The average Bonchev–Trinajstić information content (AvgIpc) is 2.72. The average molecular weight is 380 g/mol. The Morgan fingerprint density at radius 3 is 2.54 bits per heavy atom. The number of carbonyl (C=O) groups is 2. The summed E-state index contributed by atoms with van der Waals surface area (Å²) in [5.41, 5.74) is 1.69. The lowest BCUT2D eigenvalue weighted by molar-refractivity contribution is 0.0724. The molecule has 1 N–H and O–H groups in total. The molecule has 0 aliphatic carbocycles. The number of rotatable bonds is 6. The van der Waals surface area contributed by atoms with Crippen molar-refractivity contribution in [2.24, 2.45) is 5.92 Å². The number of nitrogens with one attached hydrogen (secondary N) is 1. The second-order valence-electron chi connectivity index (χ2n) is 7.59. The van der Waals surface area contributed by atoms with Gasteiger partial charge < -0.3 is 15.0 Å². The van der Waals surface area contributed by atoms with Gasteiger partial charge in [0.1, 0.15) is 5.75 Å². The minimum atomic E-state index is -0.248. The van der Waals surface area contributed by atoms with E-state index in [9.17, 15) is 9.59 Å². The van der Waals surface area contributed by atoms with Crippen LogP contribution in [0.15, 0.2) is 48.5 Å². The van der Waals surface area contributed by atoms with Gasteiger partial charge in [-0.1, -0.05) is 32.0 Å². The van der Waals surface area contributed by atoms with Gasteiger partial charge in [0.05, 0.1) is 12.2 Å². The van der Waals surface area contributed by atoms with Gasteiger partial charge in [0.15, 0.2) is 0 Å². The standard InChI is InChI=1S/C23H28N2O3/c1-17(2)16-28-21-12-5-4-11-20(21)22(26)24-19-10-8-9-18(15-19)23(27)25-13-6-3-7-14-25/h4-5,8-12,15,17H,3,6-7,13-14,16H2,1-2H3,(H,24,26). The molecule has 1 heterocycles. The second-order valence-corrected chi connectivity index (χ2v) is 7.59. The van der Waals surface area contributed by atoms with Crippen LogP contribution in [0.3, 0.4) is 0 Å². The lowest BCUT2D eigenvalue weighted by atomic mass is 10.1. The van der Waals surface area contributed by atoms with Gasteiger partial charge in [0, 0.05) is 24.3 Å². The fourth-order valence-electron chi connectivity index (χ4n) is 3.24. The molecular formula is C23H28N2O3. The third kappa shape index (κ3) is 5.12. The second kappa shape index (κ2) is 9.40. The molecule has 5 heteroatoms. The molecule has 2 amide bonds. The van der Waals surface area contributed by atoms with Gasteiger partial charge in [-0.05, 0) is 55.5 Å².